The second-order valence-electron chi connectivity index (χ2n) is 7.12. The van der Waals surface area contributed by atoms with Gasteiger partial charge in [0, 0.05) is 17.4 Å². The van der Waals surface area contributed by atoms with Crippen molar-refractivity contribution in [2.24, 2.45) is 0 Å². The van der Waals surface area contributed by atoms with Crippen molar-refractivity contribution in [1.82, 2.24) is 0 Å². The summed E-state index contributed by atoms with van der Waals surface area (Å²) in [6, 6.07) is 8.31. The van der Waals surface area contributed by atoms with Gasteiger partial charge in [0.05, 0.1) is 13.2 Å². The highest BCUT2D eigenvalue weighted by atomic mass is 79.9. The van der Waals surface area contributed by atoms with Gasteiger partial charge in [0.15, 0.2) is 0 Å². The van der Waals surface area contributed by atoms with Crippen molar-refractivity contribution < 1.29 is 14.2 Å². The monoisotopic (exact) mass is 450 g/mol. The van der Waals surface area contributed by atoms with E-state index in [1.54, 1.807) is 6.08 Å². The number of hydrogen-bond donors (Lipinski definition) is 0. The lowest BCUT2D eigenvalue weighted by molar-refractivity contribution is 0.101. The van der Waals surface area contributed by atoms with Crippen LogP contribution in [0.15, 0.2) is 60.4 Å². The second-order valence-corrected chi connectivity index (χ2v) is 7.92. The summed E-state index contributed by atoms with van der Waals surface area (Å²) < 4.78 is 16.9. The molecule has 0 atom stereocenters. The predicted molar refractivity (Wildman–Crippen MR) is 122 cm³/mol. The molecule has 0 unspecified atom stereocenters. The van der Waals surface area contributed by atoms with Crippen LogP contribution in [0.2, 0.25) is 0 Å². The zero-order chi connectivity index (χ0) is 20.8. The van der Waals surface area contributed by atoms with Crippen LogP contribution in [0.1, 0.15) is 46.1 Å². The van der Waals surface area contributed by atoms with Crippen LogP contribution in [0.5, 0.6) is 5.75 Å². The van der Waals surface area contributed by atoms with Crippen LogP contribution in [-0.2, 0) is 14.9 Å². The van der Waals surface area contributed by atoms with Gasteiger partial charge in [0.25, 0.3) is 0 Å². The van der Waals surface area contributed by atoms with E-state index in [0.717, 1.165) is 36.3 Å². The molecule has 0 radical (unpaired) electrons. The molecule has 0 saturated carbocycles. The summed E-state index contributed by atoms with van der Waals surface area (Å²) in [5.74, 6) is 1.67. The number of hydrogen-bond acceptors (Lipinski definition) is 3. The van der Waals surface area contributed by atoms with Crippen LogP contribution in [0.4, 0.5) is 0 Å². The molecule has 0 heterocycles. The predicted octanol–water partition coefficient (Wildman–Crippen LogP) is 6.59. The van der Waals surface area contributed by atoms with Crippen molar-refractivity contribution in [3.8, 4) is 5.75 Å². The second kappa shape index (κ2) is 13.6. The number of rotatable bonds is 14. The Morgan fingerprint density at radius 3 is 2.39 bits per heavy atom. The van der Waals surface area contributed by atoms with E-state index >= 15 is 0 Å². The highest BCUT2D eigenvalue weighted by Crippen LogP contribution is 2.32. The van der Waals surface area contributed by atoms with E-state index in [1.807, 2.05) is 18.2 Å². The summed E-state index contributed by atoms with van der Waals surface area (Å²) in [6.45, 7) is 15.2. The highest BCUT2D eigenvalue weighted by Gasteiger charge is 2.22. The molecule has 28 heavy (non-hydrogen) atoms. The summed E-state index contributed by atoms with van der Waals surface area (Å²) in [4.78, 5) is 0. The molecule has 0 aliphatic rings. The van der Waals surface area contributed by atoms with E-state index in [0.29, 0.717) is 19.8 Å². The fraction of sp³-hybridized carbons (Fsp3) is 0.500. The maximum Gasteiger partial charge on any atom is 0.119 e. The summed E-state index contributed by atoms with van der Waals surface area (Å²) >= 11 is 3.41. The van der Waals surface area contributed by atoms with Crippen molar-refractivity contribution in [2.45, 2.75) is 46.0 Å². The Morgan fingerprint density at radius 1 is 1.07 bits per heavy atom. The summed E-state index contributed by atoms with van der Waals surface area (Å²) in [6.07, 6.45) is 7.86. The van der Waals surface area contributed by atoms with E-state index < -0.39 is 0 Å². The Balaban J connectivity index is 2.72. The van der Waals surface area contributed by atoms with Gasteiger partial charge in [-0.3, -0.25) is 0 Å². The van der Waals surface area contributed by atoms with E-state index in [-0.39, 0.29) is 5.41 Å². The van der Waals surface area contributed by atoms with Gasteiger partial charge >= 0.3 is 0 Å². The minimum absolute atomic E-state index is 0.0958. The molecule has 3 nitrogen and oxygen atoms in total. The standard InChI is InChI=1S/C24H35BrO3/c1-6-16-26-18-19-28-23-13-10-21(11-14-23)24(4,5)20(3)9-12-22(7-2)27-17-8-15-25/h7,9-14H,2,6,8,15-19H2,1,3-5H3/b20-9+,22-12+. The van der Waals surface area contributed by atoms with Gasteiger partial charge in [-0.25, -0.2) is 0 Å². The number of ether oxygens (including phenoxy) is 3. The lowest BCUT2D eigenvalue weighted by Gasteiger charge is -2.27. The first-order chi connectivity index (χ1) is 13.5. The molecule has 0 spiro atoms. The smallest absolute Gasteiger partial charge is 0.119 e. The van der Waals surface area contributed by atoms with Gasteiger partial charge in [-0.1, -0.05) is 67.1 Å². The first-order valence-electron chi connectivity index (χ1n) is 9.97. The molecule has 1 aromatic rings. The van der Waals surface area contributed by atoms with Crippen LogP contribution in [-0.4, -0.2) is 31.8 Å². The molecule has 0 aromatic heterocycles. The molecule has 0 aliphatic heterocycles. The number of benzene rings is 1. The van der Waals surface area contributed by atoms with Gasteiger partial charge < -0.3 is 14.2 Å². The Kier molecular flexibility index (Phi) is 11.9. The third kappa shape index (κ3) is 8.66. The SMILES string of the molecule is C=C/C(=C\C=C(/C)C(C)(C)c1ccc(OCCOCCC)cc1)OCCCBr. The maximum absolute atomic E-state index is 5.74. The van der Waals surface area contributed by atoms with Crippen LogP contribution >= 0.6 is 15.9 Å². The van der Waals surface area contributed by atoms with Gasteiger partial charge in [-0.05, 0) is 49.6 Å². The lowest BCUT2D eigenvalue weighted by Crippen LogP contribution is -2.18. The Morgan fingerprint density at radius 2 is 1.79 bits per heavy atom. The van der Waals surface area contributed by atoms with Crippen LogP contribution in [0.25, 0.3) is 0 Å². The van der Waals surface area contributed by atoms with E-state index in [4.69, 9.17) is 14.2 Å². The summed E-state index contributed by atoms with van der Waals surface area (Å²) in [5.41, 5.74) is 2.39. The average molecular weight is 451 g/mol. The third-order valence-corrected chi connectivity index (χ3v) is 5.21. The molecule has 4 heteroatoms. The molecule has 0 amide bonds. The maximum atomic E-state index is 5.74. The minimum atomic E-state index is -0.0958. The van der Waals surface area contributed by atoms with Gasteiger partial charge in [0.2, 0.25) is 0 Å². The zero-order valence-electron chi connectivity index (χ0n) is 17.8. The first-order valence-corrected chi connectivity index (χ1v) is 11.1. The topological polar surface area (TPSA) is 27.7 Å². The van der Waals surface area contributed by atoms with Crippen LogP contribution in [0.3, 0.4) is 0 Å². The Hall–Kier alpha value is -1.52. The molecule has 156 valence electrons. The summed E-state index contributed by atoms with van der Waals surface area (Å²) in [5, 5.41) is 0.935. The number of allylic oxidation sites excluding steroid dienone is 4. The fourth-order valence-electron chi connectivity index (χ4n) is 2.50. The van der Waals surface area contributed by atoms with Crippen molar-refractivity contribution >= 4 is 15.9 Å². The lowest BCUT2D eigenvalue weighted by atomic mass is 9.78. The van der Waals surface area contributed by atoms with Crippen molar-refractivity contribution in [1.29, 1.82) is 0 Å². The molecular formula is C24H35BrO3. The van der Waals surface area contributed by atoms with Gasteiger partial charge in [-0.2, -0.15) is 0 Å². The summed E-state index contributed by atoms with van der Waals surface area (Å²) in [7, 11) is 0. The largest absolute Gasteiger partial charge is 0.494 e. The highest BCUT2D eigenvalue weighted by molar-refractivity contribution is 9.09. The normalized spacial score (nSPS) is 12.8. The van der Waals surface area contributed by atoms with E-state index in [2.05, 4.69) is 68.4 Å². The quantitative estimate of drug-likeness (QED) is 0.138. The minimum Gasteiger partial charge on any atom is -0.494 e. The molecule has 0 bridgehead atoms. The molecule has 0 aliphatic carbocycles. The van der Waals surface area contributed by atoms with E-state index in [9.17, 15) is 0 Å². The fourth-order valence-corrected chi connectivity index (χ4v) is 2.72. The van der Waals surface area contributed by atoms with Crippen molar-refractivity contribution in [3.05, 3.63) is 66.0 Å². The molecular weight excluding hydrogens is 416 g/mol. The first kappa shape index (κ1) is 24.5. The van der Waals surface area contributed by atoms with Gasteiger partial charge in [-0.15, -0.1) is 0 Å². The van der Waals surface area contributed by atoms with Gasteiger partial charge in [0.1, 0.15) is 18.1 Å². The molecule has 1 rings (SSSR count). The zero-order valence-corrected chi connectivity index (χ0v) is 19.4. The van der Waals surface area contributed by atoms with Crippen LogP contribution in [0, 0.1) is 0 Å². The van der Waals surface area contributed by atoms with E-state index in [1.165, 1.54) is 11.1 Å². The average Bonchev–Trinajstić information content (AvgIpc) is 2.70. The van der Waals surface area contributed by atoms with Crippen molar-refractivity contribution in [3.63, 3.8) is 0 Å². The molecule has 1 aromatic carbocycles. The van der Waals surface area contributed by atoms with Crippen LogP contribution < -0.4 is 4.74 Å². The Bertz CT molecular complexity index is 630. The molecule has 0 N–H and O–H groups in total. The molecule has 0 fully saturated rings. The molecule has 0 saturated heterocycles. The number of halogens is 1. The Labute approximate surface area is 179 Å². The third-order valence-electron chi connectivity index (χ3n) is 4.65. The number of alkyl halides is 1. The van der Waals surface area contributed by atoms with Crippen molar-refractivity contribution in [2.75, 3.05) is 31.8 Å².